The molecule has 0 saturated carbocycles. The Morgan fingerprint density at radius 2 is 2.06 bits per heavy atom. The number of ether oxygens (including phenoxy) is 2. The standard InChI is InChI=1S/C13H14O4S/c1-4-7-8-5-11(13(14)15)18-10(8)6-9(16-2)12(7)17-3/h5-6H,4H2,1-3H3,(H,14,15). The Bertz CT molecular complexity index is 601. The summed E-state index contributed by atoms with van der Waals surface area (Å²) in [7, 11) is 3.17. The van der Waals surface area contributed by atoms with Gasteiger partial charge in [-0.3, -0.25) is 0 Å². The lowest BCUT2D eigenvalue weighted by atomic mass is 10.1. The number of carbonyl (C=O) groups is 1. The Morgan fingerprint density at radius 3 is 2.56 bits per heavy atom. The van der Waals surface area contributed by atoms with E-state index < -0.39 is 5.97 Å². The van der Waals surface area contributed by atoms with Gasteiger partial charge in [0, 0.05) is 21.7 Å². The van der Waals surface area contributed by atoms with Crippen molar-refractivity contribution in [3.63, 3.8) is 0 Å². The number of methoxy groups -OCH3 is 2. The molecule has 0 radical (unpaired) electrons. The lowest BCUT2D eigenvalue weighted by Crippen LogP contribution is -1.95. The summed E-state index contributed by atoms with van der Waals surface area (Å²) < 4.78 is 11.6. The van der Waals surface area contributed by atoms with Crippen LogP contribution in [0.2, 0.25) is 0 Å². The summed E-state index contributed by atoms with van der Waals surface area (Å²) >= 11 is 1.25. The van der Waals surface area contributed by atoms with Crippen LogP contribution in [0, 0.1) is 0 Å². The zero-order valence-electron chi connectivity index (χ0n) is 10.4. The Hall–Kier alpha value is -1.75. The van der Waals surface area contributed by atoms with E-state index in [4.69, 9.17) is 14.6 Å². The van der Waals surface area contributed by atoms with E-state index in [1.807, 2.05) is 13.0 Å². The second kappa shape index (κ2) is 4.86. The van der Waals surface area contributed by atoms with Gasteiger partial charge >= 0.3 is 5.97 Å². The molecule has 1 aromatic heterocycles. The van der Waals surface area contributed by atoms with Crippen LogP contribution in [0.4, 0.5) is 0 Å². The van der Waals surface area contributed by atoms with E-state index in [1.165, 1.54) is 11.3 Å². The zero-order chi connectivity index (χ0) is 13.3. The smallest absolute Gasteiger partial charge is 0.345 e. The summed E-state index contributed by atoms with van der Waals surface area (Å²) in [5.41, 5.74) is 0.982. The fourth-order valence-electron chi connectivity index (χ4n) is 2.04. The van der Waals surface area contributed by atoms with E-state index in [1.54, 1.807) is 20.3 Å². The van der Waals surface area contributed by atoms with Crippen LogP contribution in [0.1, 0.15) is 22.2 Å². The van der Waals surface area contributed by atoms with Crippen LogP contribution < -0.4 is 9.47 Å². The van der Waals surface area contributed by atoms with Crippen LogP contribution in [0.25, 0.3) is 10.1 Å². The van der Waals surface area contributed by atoms with E-state index in [9.17, 15) is 4.79 Å². The lowest BCUT2D eigenvalue weighted by molar-refractivity contribution is 0.0702. The Kier molecular flexibility index (Phi) is 3.43. The summed E-state index contributed by atoms with van der Waals surface area (Å²) in [6.45, 7) is 2.01. The first-order chi connectivity index (χ1) is 8.62. The number of hydrogen-bond acceptors (Lipinski definition) is 4. The Balaban J connectivity index is 2.79. The third-order valence-corrected chi connectivity index (χ3v) is 3.90. The van der Waals surface area contributed by atoms with Crippen molar-refractivity contribution in [3.05, 3.63) is 22.6 Å². The SMILES string of the molecule is CCc1c(OC)c(OC)cc2sc(C(=O)O)cc12. The van der Waals surface area contributed by atoms with Gasteiger partial charge in [-0.15, -0.1) is 11.3 Å². The second-order valence-corrected chi connectivity index (χ2v) is 4.86. The quantitative estimate of drug-likeness (QED) is 0.923. The van der Waals surface area contributed by atoms with Crippen molar-refractivity contribution >= 4 is 27.4 Å². The highest BCUT2D eigenvalue weighted by molar-refractivity contribution is 7.20. The van der Waals surface area contributed by atoms with Crippen molar-refractivity contribution < 1.29 is 19.4 Å². The molecule has 0 aliphatic rings. The van der Waals surface area contributed by atoms with Crippen LogP contribution in [0.3, 0.4) is 0 Å². The first kappa shape index (κ1) is 12.7. The topological polar surface area (TPSA) is 55.8 Å². The van der Waals surface area contributed by atoms with E-state index in [-0.39, 0.29) is 0 Å². The highest BCUT2D eigenvalue weighted by atomic mass is 32.1. The monoisotopic (exact) mass is 266 g/mol. The molecular formula is C13H14O4S. The minimum Gasteiger partial charge on any atom is -0.493 e. The number of hydrogen-bond donors (Lipinski definition) is 1. The van der Waals surface area contributed by atoms with Crippen molar-refractivity contribution in [2.45, 2.75) is 13.3 Å². The molecule has 2 rings (SSSR count). The van der Waals surface area contributed by atoms with Gasteiger partial charge < -0.3 is 14.6 Å². The first-order valence-electron chi connectivity index (χ1n) is 5.53. The third-order valence-electron chi connectivity index (χ3n) is 2.83. The zero-order valence-corrected chi connectivity index (χ0v) is 11.3. The molecule has 0 spiro atoms. The van der Waals surface area contributed by atoms with Crippen molar-refractivity contribution in [2.75, 3.05) is 14.2 Å². The molecule has 0 aliphatic carbocycles. The minimum atomic E-state index is -0.906. The van der Waals surface area contributed by atoms with Gasteiger partial charge in [-0.05, 0) is 12.5 Å². The predicted molar refractivity (Wildman–Crippen MR) is 71.3 cm³/mol. The molecule has 4 nitrogen and oxygen atoms in total. The second-order valence-electron chi connectivity index (χ2n) is 3.77. The molecule has 0 aliphatic heterocycles. The summed E-state index contributed by atoms with van der Waals surface area (Å²) in [5, 5.41) is 9.98. The summed E-state index contributed by atoms with van der Waals surface area (Å²) in [6.07, 6.45) is 0.757. The average molecular weight is 266 g/mol. The van der Waals surface area contributed by atoms with Crippen LogP contribution in [0.15, 0.2) is 12.1 Å². The number of benzene rings is 1. The molecule has 0 saturated heterocycles. The van der Waals surface area contributed by atoms with E-state index in [0.717, 1.165) is 22.1 Å². The molecule has 1 heterocycles. The molecule has 0 amide bonds. The minimum absolute atomic E-state index is 0.329. The maximum atomic E-state index is 11.0. The molecule has 0 bridgehead atoms. The largest absolute Gasteiger partial charge is 0.493 e. The molecule has 1 N–H and O–H groups in total. The molecule has 0 fully saturated rings. The maximum absolute atomic E-state index is 11.0. The van der Waals surface area contributed by atoms with Crippen molar-refractivity contribution in [1.82, 2.24) is 0 Å². The molecule has 96 valence electrons. The number of carboxylic acid groups (broad SMARTS) is 1. The molecular weight excluding hydrogens is 252 g/mol. The normalized spacial score (nSPS) is 10.6. The molecule has 5 heteroatoms. The molecule has 0 unspecified atom stereocenters. The molecule has 2 aromatic rings. The number of aryl methyl sites for hydroxylation is 1. The van der Waals surface area contributed by atoms with Gasteiger partial charge in [-0.2, -0.15) is 0 Å². The highest BCUT2D eigenvalue weighted by Crippen LogP contribution is 2.41. The predicted octanol–water partition coefficient (Wildman–Crippen LogP) is 3.18. The van der Waals surface area contributed by atoms with Gasteiger partial charge in [0.15, 0.2) is 11.5 Å². The van der Waals surface area contributed by atoms with E-state index >= 15 is 0 Å². The van der Waals surface area contributed by atoms with E-state index in [2.05, 4.69) is 0 Å². The summed E-state index contributed by atoms with van der Waals surface area (Å²) in [4.78, 5) is 11.4. The molecule has 18 heavy (non-hydrogen) atoms. The van der Waals surface area contributed by atoms with Crippen LogP contribution in [0.5, 0.6) is 11.5 Å². The van der Waals surface area contributed by atoms with Gasteiger partial charge in [0.05, 0.1) is 14.2 Å². The number of rotatable bonds is 4. The third kappa shape index (κ3) is 1.90. The lowest BCUT2D eigenvalue weighted by Gasteiger charge is -2.12. The van der Waals surface area contributed by atoms with Gasteiger partial charge in [0.25, 0.3) is 0 Å². The molecule has 0 atom stereocenters. The first-order valence-corrected chi connectivity index (χ1v) is 6.34. The van der Waals surface area contributed by atoms with Crippen molar-refractivity contribution in [2.24, 2.45) is 0 Å². The van der Waals surface area contributed by atoms with E-state index in [0.29, 0.717) is 16.4 Å². The summed E-state index contributed by atoms with van der Waals surface area (Å²) in [6, 6.07) is 3.52. The number of carboxylic acids is 1. The maximum Gasteiger partial charge on any atom is 0.345 e. The van der Waals surface area contributed by atoms with Crippen LogP contribution in [-0.2, 0) is 6.42 Å². The molecule has 1 aromatic carbocycles. The fraction of sp³-hybridized carbons (Fsp3) is 0.308. The van der Waals surface area contributed by atoms with Crippen molar-refractivity contribution in [3.8, 4) is 11.5 Å². The number of fused-ring (bicyclic) bond motifs is 1. The summed E-state index contributed by atoms with van der Waals surface area (Å²) in [5.74, 6) is 0.416. The van der Waals surface area contributed by atoms with Gasteiger partial charge in [0.2, 0.25) is 0 Å². The Labute approximate surface area is 109 Å². The van der Waals surface area contributed by atoms with Crippen LogP contribution in [-0.4, -0.2) is 25.3 Å². The van der Waals surface area contributed by atoms with Gasteiger partial charge in [0.1, 0.15) is 4.88 Å². The Morgan fingerprint density at radius 1 is 1.33 bits per heavy atom. The fourth-order valence-corrected chi connectivity index (χ4v) is 2.99. The highest BCUT2D eigenvalue weighted by Gasteiger charge is 2.17. The van der Waals surface area contributed by atoms with Gasteiger partial charge in [-0.25, -0.2) is 4.79 Å². The number of aromatic carboxylic acids is 1. The van der Waals surface area contributed by atoms with Gasteiger partial charge in [-0.1, -0.05) is 6.92 Å². The van der Waals surface area contributed by atoms with Crippen LogP contribution >= 0.6 is 11.3 Å². The average Bonchev–Trinajstić information content (AvgIpc) is 2.79. The van der Waals surface area contributed by atoms with Crippen molar-refractivity contribution in [1.29, 1.82) is 0 Å². The number of thiophene rings is 1.